The highest BCUT2D eigenvalue weighted by molar-refractivity contribution is 5.35. The average Bonchev–Trinajstić information content (AvgIpc) is 2.81. The van der Waals surface area contributed by atoms with Gasteiger partial charge in [-0.1, -0.05) is 13.0 Å². The Morgan fingerprint density at radius 3 is 3.11 bits per heavy atom. The molecule has 2 aliphatic rings. The third-order valence-electron chi connectivity index (χ3n) is 4.57. The number of likely N-dealkylation sites (N-methyl/N-ethyl adjacent to an activating group) is 1. The van der Waals surface area contributed by atoms with Gasteiger partial charge in [-0.25, -0.2) is 4.39 Å². The van der Waals surface area contributed by atoms with Crippen molar-refractivity contribution in [2.45, 2.75) is 44.7 Å². The van der Waals surface area contributed by atoms with Gasteiger partial charge < -0.3 is 10.2 Å². The van der Waals surface area contributed by atoms with Crippen LogP contribution in [0.1, 0.15) is 43.4 Å². The number of hydrogen-bond donors (Lipinski definition) is 1. The maximum Gasteiger partial charge on any atom is 0.123 e. The van der Waals surface area contributed by atoms with E-state index in [9.17, 15) is 4.39 Å². The van der Waals surface area contributed by atoms with E-state index in [1.807, 2.05) is 6.07 Å². The van der Waals surface area contributed by atoms with E-state index in [0.29, 0.717) is 12.1 Å². The zero-order valence-corrected chi connectivity index (χ0v) is 11.7. The first kappa shape index (κ1) is 13.1. The maximum absolute atomic E-state index is 13.2. The van der Waals surface area contributed by atoms with Crippen molar-refractivity contribution in [3.8, 4) is 0 Å². The highest BCUT2D eigenvalue weighted by Crippen LogP contribution is 2.32. The van der Waals surface area contributed by atoms with Gasteiger partial charge in [-0.3, -0.25) is 0 Å². The zero-order chi connectivity index (χ0) is 13.2. The largest absolute Gasteiger partial charge is 0.306 e. The van der Waals surface area contributed by atoms with E-state index in [1.54, 1.807) is 12.1 Å². The lowest BCUT2D eigenvalue weighted by atomic mass is 10.0. The Bertz CT molecular complexity index is 446. The molecule has 1 fully saturated rings. The molecule has 1 N–H and O–H groups in total. The van der Waals surface area contributed by atoms with Crippen LogP contribution < -0.4 is 5.32 Å². The number of aryl methyl sites for hydroxylation is 1. The molecule has 1 aliphatic carbocycles. The minimum atomic E-state index is -0.103. The van der Waals surface area contributed by atoms with Gasteiger partial charge in [-0.2, -0.15) is 0 Å². The third-order valence-corrected chi connectivity index (χ3v) is 4.57. The highest BCUT2D eigenvalue weighted by Gasteiger charge is 2.27. The first-order chi connectivity index (χ1) is 9.26. The summed E-state index contributed by atoms with van der Waals surface area (Å²) < 4.78 is 13.2. The Morgan fingerprint density at radius 1 is 1.37 bits per heavy atom. The van der Waals surface area contributed by atoms with Crippen LogP contribution in [0.25, 0.3) is 0 Å². The Hall–Kier alpha value is -0.930. The molecule has 19 heavy (non-hydrogen) atoms. The van der Waals surface area contributed by atoms with E-state index in [1.165, 1.54) is 30.5 Å². The molecule has 0 saturated carbocycles. The average molecular weight is 262 g/mol. The fourth-order valence-electron chi connectivity index (χ4n) is 3.52. The normalized spacial score (nSPS) is 27.5. The maximum atomic E-state index is 13.2. The molecule has 0 amide bonds. The molecule has 2 unspecified atom stereocenters. The predicted octanol–water partition coefficient (Wildman–Crippen LogP) is 2.89. The van der Waals surface area contributed by atoms with Crippen molar-refractivity contribution in [3.63, 3.8) is 0 Å². The molecule has 0 radical (unpaired) electrons. The van der Waals surface area contributed by atoms with E-state index in [2.05, 4.69) is 17.1 Å². The molecule has 0 bridgehead atoms. The molecule has 0 spiro atoms. The summed E-state index contributed by atoms with van der Waals surface area (Å²) >= 11 is 0. The summed E-state index contributed by atoms with van der Waals surface area (Å²) in [5.41, 5.74) is 2.51. The molecular formula is C16H23FN2. The summed E-state index contributed by atoms with van der Waals surface area (Å²) in [6, 6.07) is 6.29. The van der Waals surface area contributed by atoms with Crippen LogP contribution in [0.3, 0.4) is 0 Å². The molecule has 3 rings (SSSR count). The van der Waals surface area contributed by atoms with Crippen LogP contribution in [0, 0.1) is 5.82 Å². The summed E-state index contributed by atoms with van der Waals surface area (Å²) in [5, 5.41) is 3.79. The Balaban J connectivity index is 1.66. The summed E-state index contributed by atoms with van der Waals surface area (Å²) in [6.45, 7) is 5.77. The van der Waals surface area contributed by atoms with Crippen molar-refractivity contribution in [2.75, 3.05) is 19.6 Å². The fourth-order valence-corrected chi connectivity index (χ4v) is 3.52. The first-order valence-corrected chi connectivity index (χ1v) is 7.53. The Kier molecular flexibility index (Phi) is 3.85. The standard InChI is InChI=1S/C16H23FN2/c1-2-19-9-3-4-14(11-19)18-16-8-5-12-10-13(17)6-7-15(12)16/h6-7,10,14,16,18H,2-5,8-9,11H2,1H3. The topological polar surface area (TPSA) is 15.3 Å². The van der Waals surface area contributed by atoms with Gasteiger partial charge in [-0.15, -0.1) is 0 Å². The Labute approximate surface area is 115 Å². The molecule has 2 nitrogen and oxygen atoms in total. The van der Waals surface area contributed by atoms with Gasteiger partial charge in [0.1, 0.15) is 5.82 Å². The smallest absolute Gasteiger partial charge is 0.123 e. The number of nitrogens with zero attached hydrogens (tertiary/aromatic N) is 1. The van der Waals surface area contributed by atoms with Crippen LogP contribution in [0.4, 0.5) is 4.39 Å². The molecule has 1 saturated heterocycles. The number of likely N-dealkylation sites (tertiary alicyclic amines) is 1. The predicted molar refractivity (Wildman–Crippen MR) is 75.7 cm³/mol. The lowest BCUT2D eigenvalue weighted by Crippen LogP contribution is -2.46. The van der Waals surface area contributed by atoms with Crippen molar-refractivity contribution < 1.29 is 4.39 Å². The number of rotatable bonds is 3. The molecule has 2 atom stereocenters. The number of fused-ring (bicyclic) bond motifs is 1. The molecule has 3 heteroatoms. The lowest BCUT2D eigenvalue weighted by Gasteiger charge is -2.34. The molecule has 104 valence electrons. The SMILES string of the molecule is CCN1CCCC(NC2CCc3cc(F)ccc32)C1. The summed E-state index contributed by atoms with van der Waals surface area (Å²) in [5.74, 6) is -0.103. The van der Waals surface area contributed by atoms with E-state index < -0.39 is 0 Å². The van der Waals surface area contributed by atoms with Gasteiger partial charge in [0, 0.05) is 18.6 Å². The van der Waals surface area contributed by atoms with E-state index >= 15 is 0 Å². The monoisotopic (exact) mass is 262 g/mol. The summed E-state index contributed by atoms with van der Waals surface area (Å²) in [4.78, 5) is 2.52. The van der Waals surface area contributed by atoms with E-state index in [0.717, 1.165) is 25.9 Å². The second-order valence-corrected chi connectivity index (χ2v) is 5.83. The lowest BCUT2D eigenvalue weighted by molar-refractivity contribution is 0.190. The van der Waals surface area contributed by atoms with E-state index in [4.69, 9.17) is 0 Å². The van der Waals surface area contributed by atoms with Crippen LogP contribution in [0.2, 0.25) is 0 Å². The van der Waals surface area contributed by atoms with Crippen LogP contribution in [-0.4, -0.2) is 30.6 Å². The molecule has 1 aromatic carbocycles. The van der Waals surface area contributed by atoms with Crippen LogP contribution >= 0.6 is 0 Å². The van der Waals surface area contributed by atoms with Crippen LogP contribution in [-0.2, 0) is 6.42 Å². The number of piperidine rings is 1. The quantitative estimate of drug-likeness (QED) is 0.901. The molecule has 0 aromatic heterocycles. The van der Waals surface area contributed by atoms with Crippen molar-refractivity contribution in [2.24, 2.45) is 0 Å². The number of hydrogen-bond acceptors (Lipinski definition) is 2. The zero-order valence-electron chi connectivity index (χ0n) is 11.7. The summed E-state index contributed by atoms with van der Waals surface area (Å²) in [6.07, 6.45) is 4.68. The third kappa shape index (κ3) is 2.82. The second kappa shape index (κ2) is 5.59. The van der Waals surface area contributed by atoms with Gasteiger partial charge >= 0.3 is 0 Å². The van der Waals surface area contributed by atoms with Crippen molar-refractivity contribution >= 4 is 0 Å². The molecular weight excluding hydrogens is 239 g/mol. The van der Waals surface area contributed by atoms with Crippen molar-refractivity contribution in [1.29, 1.82) is 0 Å². The minimum absolute atomic E-state index is 0.103. The van der Waals surface area contributed by atoms with Crippen LogP contribution in [0.5, 0.6) is 0 Å². The van der Waals surface area contributed by atoms with Gasteiger partial charge in [0.2, 0.25) is 0 Å². The first-order valence-electron chi connectivity index (χ1n) is 7.53. The fraction of sp³-hybridized carbons (Fsp3) is 0.625. The minimum Gasteiger partial charge on any atom is -0.306 e. The molecule has 1 aliphatic heterocycles. The van der Waals surface area contributed by atoms with Crippen molar-refractivity contribution in [3.05, 3.63) is 35.1 Å². The second-order valence-electron chi connectivity index (χ2n) is 5.83. The number of benzene rings is 1. The number of halogens is 1. The molecule has 1 heterocycles. The van der Waals surface area contributed by atoms with Crippen molar-refractivity contribution in [1.82, 2.24) is 10.2 Å². The summed E-state index contributed by atoms with van der Waals surface area (Å²) in [7, 11) is 0. The van der Waals surface area contributed by atoms with Gasteiger partial charge in [-0.05, 0) is 62.0 Å². The highest BCUT2D eigenvalue weighted by atomic mass is 19.1. The van der Waals surface area contributed by atoms with Gasteiger partial charge in [0.05, 0.1) is 0 Å². The van der Waals surface area contributed by atoms with E-state index in [-0.39, 0.29) is 5.82 Å². The van der Waals surface area contributed by atoms with Gasteiger partial charge in [0.25, 0.3) is 0 Å². The Morgan fingerprint density at radius 2 is 2.26 bits per heavy atom. The number of nitrogens with one attached hydrogen (secondary N) is 1. The van der Waals surface area contributed by atoms with Crippen LogP contribution in [0.15, 0.2) is 18.2 Å². The van der Waals surface area contributed by atoms with Gasteiger partial charge in [0.15, 0.2) is 0 Å². The molecule has 1 aromatic rings.